The fraction of sp³-hybridized carbons (Fsp3) is 0.474. The number of methoxy groups -OCH3 is 1. The molecule has 9 heteroatoms. The summed E-state index contributed by atoms with van der Waals surface area (Å²) in [7, 11) is 1.73. The predicted molar refractivity (Wildman–Crippen MR) is 110 cm³/mol. The summed E-state index contributed by atoms with van der Waals surface area (Å²) in [4.78, 5) is 13.3. The fourth-order valence-corrected chi connectivity index (χ4v) is 4.82. The first kappa shape index (κ1) is 20.3. The minimum absolute atomic E-state index is 0.213. The van der Waals surface area contributed by atoms with Crippen molar-refractivity contribution in [1.29, 1.82) is 0 Å². The molecule has 0 N–H and O–H groups in total. The molecule has 0 aliphatic carbocycles. The number of nitrogens with zero attached hydrogens (tertiary/aromatic N) is 5. The number of piperazine rings is 1. The summed E-state index contributed by atoms with van der Waals surface area (Å²) in [5.74, 6) is 1.83. The maximum atomic E-state index is 13.1. The molecule has 1 fully saturated rings. The molecule has 1 aliphatic rings. The fourth-order valence-electron chi connectivity index (χ4n) is 3.16. The third kappa shape index (κ3) is 4.05. The van der Waals surface area contributed by atoms with Crippen LogP contribution in [0.15, 0.2) is 29.2 Å². The van der Waals surface area contributed by atoms with Crippen LogP contribution in [0.3, 0.4) is 0 Å². The van der Waals surface area contributed by atoms with Crippen molar-refractivity contribution in [2.45, 2.75) is 18.7 Å². The maximum Gasteiger partial charge on any atom is 0.246 e. The van der Waals surface area contributed by atoms with Crippen LogP contribution in [0, 0.1) is 13.8 Å². The van der Waals surface area contributed by atoms with Crippen molar-refractivity contribution in [1.82, 2.24) is 14.3 Å². The van der Waals surface area contributed by atoms with Crippen molar-refractivity contribution in [3.63, 3.8) is 0 Å². The van der Waals surface area contributed by atoms with Crippen molar-refractivity contribution >= 4 is 21.8 Å². The molecule has 2 aromatic rings. The van der Waals surface area contributed by atoms with Crippen LogP contribution in [0.1, 0.15) is 11.3 Å². The lowest BCUT2D eigenvalue weighted by atomic mass is 10.2. The Morgan fingerprint density at radius 2 is 1.71 bits per heavy atom. The Hall–Kier alpha value is -2.39. The lowest BCUT2D eigenvalue weighted by molar-refractivity contribution is 0.372. The standard InChI is InChI=1S/C19H27N5O3S/c1-14-6-7-16(27-5)17(12-14)28(25,26)24-10-8-23(9-11-24)19-20-15(2)13-18(21-19)22(3)4/h6-7,12-13H,8-11H2,1-5H3. The van der Waals surface area contributed by atoms with Gasteiger partial charge in [0.2, 0.25) is 16.0 Å². The molecular weight excluding hydrogens is 378 g/mol. The number of sulfonamides is 1. The van der Waals surface area contributed by atoms with Crippen LogP contribution in [0.5, 0.6) is 5.75 Å². The van der Waals surface area contributed by atoms with Gasteiger partial charge in [0.15, 0.2) is 0 Å². The Balaban J connectivity index is 1.80. The Morgan fingerprint density at radius 3 is 2.32 bits per heavy atom. The number of ether oxygens (including phenoxy) is 1. The van der Waals surface area contributed by atoms with Crippen LogP contribution >= 0.6 is 0 Å². The minimum Gasteiger partial charge on any atom is -0.495 e. The molecule has 0 bridgehead atoms. The highest BCUT2D eigenvalue weighted by Crippen LogP contribution is 2.29. The minimum atomic E-state index is -3.63. The Bertz CT molecular complexity index is 954. The van der Waals surface area contributed by atoms with Crippen LogP contribution in [-0.4, -0.2) is 70.1 Å². The van der Waals surface area contributed by atoms with E-state index in [-0.39, 0.29) is 4.90 Å². The van der Waals surface area contributed by atoms with Crippen LogP contribution < -0.4 is 14.5 Å². The van der Waals surface area contributed by atoms with Gasteiger partial charge in [0.1, 0.15) is 16.5 Å². The molecule has 0 atom stereocenters. The summed E-state index contributed by atoms with van der Waals surface area (Å²) in [5, 5.41) is 0. The van der Waals surface area contributed by atoms with E-state index < -0.39 is 10.0 Å². The maximum absolute atomic E-state index is 13.1. The molecule has 0 saturated carbocycles. The van der Waals surface area contributed by atoms with Crippen LogP contribution in [-0.2, 0) is 10.0 Å². The number of rotatable bonds is 5. The van der Waals surface area contributed by atoms with E-state index in [0.29, 0.717) is 37.9 Å². The van der Waals surface area contributed by atoms with E-state index in [1.165, 1.54) is 11.4 Å². The van der Waals surface area contributed by atoms with E-state index in [1.54, 1.807) is 12.1 Å². The summed E-state index contributed by atoms with van der Waals surface area (Å²) in [6.45, 7) is 5.60. The van der Waals surface area contributed by atoms with Gasteiger partial charge in [0, 0.05) is 52.0 Å². The number of aromatic nitrogens is 2. The van der Waals surface area contributed by atoms with Crippen LogP contribution in [0.4, 0.5) is 11.8 Å². The normalized spacial score (nSPS) is 15.5. The highest BCUT2D eigenvalue weighted by molar-refractivity contribution is 7.89. The number of hydrogen-bond acceptors (Lipinski definition) is 7. The second-order valence-electron chi connectivity index (χ2n) is 7.11. The average molecular weight is 406 g/mol. The lowest BCUT2D eigenvalue weighted by Crippen LogP contribution is -2.49. The molecule has 0 radical (unpaired) electrons. The topological polar surface area (TPSA) is 78.9 Å². The Morgan fingerprint density at radius 1 is 1.04 bits per heavy atom. The first-order valence-corrected chi connectivity index (χ1v) is 10.6. The highest BCUT2D eigenvalue weighted by atomic mass is 32.2. The van der Waals surface area contributed by atoms with Gasteiger partial charge in [-0.25, -0.2) is 13.4 Å². The Kier molecular flexibility index (Phi) is 5.76. The third-order valence-corrected chi connectivity index (χ3v) is 6.67. The lowest BCUT2D eigenvalue weighted by Gasteiger charge is -2.34. The van der Waals surface area contributed by atoms with Gasteiger partial charge in [-0.05, 0) is 31.5 Å². The van der Waals surface area contributed by atoms with Gasteiger partial charge < -0.3 is 14.5 Å². The quantitative estimate of drug-likeness (QED) is 0.749. The SMILES string of the molecule is COc1ccc(C)cc1S(=O)(=O)N1CCN(c2nc(C)cc(N(C)C)n2)CC1. The van der Waals surface area contributed by atoms with Crippen molar-refractivity contribution < 1.29 is 13.2 Å². The zero-order valence-corrected chi connectivity index (χ0v) is 17.8. The number of anilines is 2. The van der Waals surface area contributed by atoms with E-state index in [1.807, 2.05) is 49.9 Å². The molecule has 0 amide bonds. The molecular formula is C19H27N5O3S. The van der Waals surface area contributed by atoms with Crippen molar-refractivity contribution in [3.05, 3.63) is 35.5 Å². The van der Waals surface area contributed by atoms with Crippen LogP contribution in [0.2, 0.25) is 0 Å². The molecule has 1 saturated heterocycles. The van der Waals surface area contributed by atoms with E-state index in [0.717, 1.165) is 17.1 Å². The first-order chi connectivity index (χ1) is 13.2. The van der Waals surface area contributed by atoms with Crippen molar-refractivity contribution in [2.75, 3.05) is 57.2 Å². The molecule has 0 unspecified atom stereocenters. The first-order valence-electron chi connectivity index (χ1n) is 9.15. The molecule has 2 heterocycles. The number of benzene rings is 1. The van der Waals surface area contributed by atoms with E-state index in [4.69, 9.17) is 4.74 Å². The van der Waals surface area contributed by atoms with Gasteiger partial charge >= 0.3 is 0 Å². The van der Waals surface area contributed by atoms with Gasteiger partial charge in [-0.1, -0.05) is 6.07 Å². The molecule has 0 spiro atoms. The molecule has 8 nitrogen and oxygen atoms in total. The molecule has 3 rings (SSSR count). The van der Waals surface area contributed by atoms with Gasteiger partial charge in [0.05, 0.1) is 7.11 Å². The van der Waals surface area contributed by atoms with E-state index >= 15 is 0 Å². The average Bonchev–Trinajstić information content (AvgIpc) is 2.67. The summed E-state index contributed by atoms with van der Waals surface area (Å²) in [5.41, 5.74) is 1.76. The van der Waals surface area contributed by atoms with E-state index in [9.17, 15) is 8.42 Å². The zero-order chi connectivity index (χ0) is 20.5. The number of hydrogen-bond donors (Lipinski definition) is 0. The third-order valence-electron chi connectivity index (χ3n) is 4.75. The highest BCUT2D eigenvalue weighted by Gasteiger charge is 2.31. The summed E-state index contributed by atoms with van der Waals surface area (Å²) >= 11 is 0. The van der Waals surface area contributed by atoms with Gasteiger partial charge in [0.25, 0.3) is 0 Å². The van der Waals surface area contributed by atoms with Gasteiger partial charge in [-0.15, -0.1) is 0 Å². The number of aryl methyl sites for hydroxylation is 2. The monoisotopic (exact) mass is 405 g/mol. The smallest absolute Gasteiger partial charge is 0.246 e. The Labute approximate surface area is 166 Å². The largest absolute Gasteiger partial charge is 0.495 e. The summed E-state index contributed by atoms with van der Waals surface area (Å²) in [6, 6.07) is 7.12. The van der Waals surface area contributed by atoms with Crippen molar-refractivity contribution in [3.8, 4) is 5.75 Å². The molecule has 28 heavy (non-hydrogen) atoms. The van der Waals surface area contributed by atoms with Crippen LogP contribution in [0.25, 0.3) is 0 Å². The second-order valence-corrected chi connectivity index (χ2v) is 9.01. The molecule has 152 valence electrons. The summed E-state index contributed by atoms with van der Waals surface area (Å²) in [6.07, 6.45) is 0. The molecule has 1 aromatic carbocycles. The van der Waals surface area contributed by atoms with Gasteiger partial charge in [-0.3, -0.25) is 0 Å². The molecule has 1 aromatic heterocycles. The summed E-state index contributed by atoms with van der Waals surface area (Å²) < 4.78 is 33.1. The van der Waals surface area contributed by atoms with Gasteiger partial charge in [-0.2, -0.15) is 9.29 Å². The molecule has 1 aliphatic heterocycles. The zero-order valence-electron chi connectivity index (χ0n) is 17.0. The second kappa shape index (κ2) is 7.92. The van der Waals surface area contributed by atoms with E-state index in [2.05, 4.69) is 9.97 Å². The van der Waals surface area contributed by atoms with Crippen molar-refractivity contribution in [2.24, 2.45) is 0 Å². The predicted octanol–water partition coefficient (Wildman–Crippen LogP) is 1.68.